The van der Waals surface area contributed by atoms with Gasteiger partial charge in [0.25, 0.3) is 0 Å². The van der Waals surface area contributed by atoms with Gasteiger partial charge in [-0.25, -0.2) is 15.0 Å². The minimum Gasteiger partial charge on any atom is -0.467 e. The lowest BCUT2D eigenvalue weighted by atomic mass is 10.0. The van der Waals surface area contributed by atoms with Crippen LogP contribution < -0.4 is 10.5 Å². The van der Waals surface area contributed by atoms with E-state index in [1.165, 1.54) is 11.8 Å². The summed E-state index contributed by atoms with van der Waals surface area (Å²) in [6.45, 7) is 0.657. The van der Waals surface area contributed by atoms with Crippen LogP contribution in [0.1, 0.15) is 15.9 Å². The van der Waals surface area contributed by atoms with Gasteiger partial charge in [-0.2, -0.15) is 0 Å². The Labute approximate surface area is 188 Å². The van der Waals surface area contributed by atoms with Crippen molar-refractivity contribution in [1.29, 1.82) is 0 Å². The van der Waals surface area contributed by atoms with Crippen LogP contribution in [-0.4, -0.2) is 38.9 Å². The third kappa shape index (κ3) is 3.72. The molecule has 160 valence electrons. The van der Waals surface area contributed by atoms with Crippen molar-refractivity contribution in [3.05, 3.63) is 65.9 Å². The monoisotopic (exact) mass is 445 g/mol. The molecular weight excluding hydrogens is 426 g/mol. The third-order valence-corrected chi connectivity index (χ3v) is 5.71. The number of ether oxygens (including phenoxy) is 2. The second-order valence-electron chi connectivity index (χ2n) is 7.07. The number of benzene rings is 2. The number of aromatic amines is 1. The van der Waals surface area contributed by atoms with E-state index in [1.807, 2.05) is 42.7 Å². The second-order valence-corrected chi connectivity index (χ2v) is 7.85. The maximum Gasteiger partial charge on any atom is 0.248 e. The van der Waals surface area contributed by atoms with E-state index in [0.717, 1.165) is 39.5 Å². The first-order valence-corrected chi connectivity index (χ1v) is 11.1. The average molecular weight is 446 g/mol. The first-order valence-electron chi connectivity index (χ1n) is 9.84. The molecular formula is C23H19N5O3S. The number of primary amides is 1. The molecule has 0 fully saturated rings. The van der Waals surface area contributed by atoms with Crippen LogP contribution in [0.25, 0.3) is 34.0 Å². The standard InChI is InChI=1S/C23H19N5O3S/c1-32-23-25-10-9-17(26-23)20-19(15-3-2-4-18-16(15)11-30-12-31-18)27-22(28-20)14-7-5-13(6-8-14)21(24)29/h2-10H,11-12H2,1H3,(H2,24,29)(H,27,28). The highest BCUT2D eigenvalue weighted by atomic mass is 32.2. The van der Waals surface area contributed by atoms with E-state index in [9.17, 15) is 4.79 Å². The van der Waals surface area contributed by atoms with Crippen LogP contribution >= 0.6 is 11.8 Å². The molecule has 1 amide bonds. The molecule has 2 aromatic carbocycles. The molecule has 9 heteroatoms. The Hall–Kier alpha value is -3.69. The van der Waals surface area contributed by atoms with Crippen LogP contribution in [0.5, 0.6) is 5.75 Å². The van der Waals surface area contributed by atoms with Gasteiger partial charge in [-0.15, -0.1) is 0 Å². The van der Waals surface area contributed by atoms with Crippen molar-refractivity contribution in [3.63, 3.8) is 0 Å². The van der Waals surface area contributed by atoms with E-state index in [-0.39, 0.29) is 6.79 Å². The fraction of sp³-hybridized carbons (Fsp3) is 0.130. The first kappa shape index (κ1) is 20.2. The first-order chi connectivity index (χ1) is 15.6. The Morgan fingerprint density at radius 3 is 2.75 bits per heavy atom. The maximum atomic E-state index is 11.4. The molecule has 0 atom stereocenters. The molecule has 3 N–H and O–H groups in total. The van der Waals surface area contributed by atoms with Gasteiger partial charge < -0.3 is 20.2 Å². The number of aromatic nitrogens is 4. The van der Waals surface area contributed by atoms with Gasteiger partial charge in [0.15, 0.2) is 11.9 Å². The van der Waals surface area contributed by atoms with Crippen LogP contribution in [0.4, 0.5) is 0 Å². The van der Waals surface area contributed by atoms with Crippen molar-refractivity contribution < 1.29 is 14.3 Å². The Bertz CT molecular complexity index is 1300. The normalized spacial score (nSPS) is 12.8. The quantitative estimate of drug-likeness (QED) is 0.354. The van der Waals surface area contributed by atoms with Crippen molar-refractivity contribution in [2.75, 3.05) is 13.0 Å². The molecule has 5 rings (SSSR count). The molecule has 0 unspecified atom stereocenters. The van der Waals surface area contributed by atoms with Crippen molar-refractivity contribution in [3.8, 4) is 39.8 Å². The number of hydrogen-bond donors (Lipinski definition) is 2. The summed E-state index contributed by atoms with van der Waals surface area (Å²) in [5.74, 6) is 0.951. The highest BCUT2D eigenvalue weighted by Crippen LogP contribution is 2.38. The number of imidazole rings is 1. The topological polar surface area (TPSA) is 116 Å². The van der Waals surface area contributed by atoms with Gasteiger partial charge >= 0.3 is 0 Å². The summed E-state index contributed by atoms with van der Waals surface area (Å²) in [5.41, 5.74) is 10.7. The van der Waals surface area contributed by atoms with Crippen molar-refractivity contribution in [1.82, 2.24) is 19.9 Å². The summed E-state index contributed by atoms with van der Waals surface area (Å²) in [6.07, 6.45) is 3.66. The van der Waals surface area contributed by atoms with Crippen LogP contribution in [-0.2, 0) is 11.3 Å². The van der Waals surface area contributed by atoms with E-state index in [4.69, 9.17) is 20.2 Å². The van der Waals surface area contributed by atoms with Gasteiger partial charge in [-0.05, 0) is 30.5 Å². The summed E-state index contributed by atoms with van der Waals surface area (Å²) in [5, 5.41) is 0.664. The van der Waals surface area contributed by atoms with Gasteiger partial charge in [-0.1, -0.05) is 36.0 Å². The SMILES string of the molecule is CSc1nccc(-c2[nH]c(-c3ccc(C(N)=O)cc3)nc2-c2cccc3c2COCO3)n1. The van der Waals surface area contributed by atoms with E-state index < -0.39 is 5.91 Å². The van der Waals surface area contributed by atoms with Crippen LogP contribution in [0.15, 0.2) is 59.9 Å². The predicted octanol–water partition coefficient (Wildman–Crippen LogP) is 3.89. The minimum absolute atomic E-state index is 0.227. The molecule has 32 heavy (non-hydrogen) atoms. The lowest BCUT2D eigenvalue weighted by Crippen LogP contribution is -2.12. The largest absolute Gasteiger partial charge is 0.467 e. The van der Waals surface area contributed by atoms with Gasteiger partial charge in [0.05, 0.1) is 23.7 Å². The molecule has 0 radical (unpaired) electrons. The summed E-state index contributed by atoms with van der Waals surface area (Å²) in [4.78, 5) is 28.7. The highest BCUT2D eigenvalue weighted by Gasteiger charge is 2.22. The predicted molar refractivity (Wildman–Crippen MR) is 121 cm³/mol. The van der Waals surface area contributed by atoms with Gasteiger partial charge in [0.2, 0.25) is 5.91 Å². The van der Waals surface area contributed by atoms with Crippen molar-refractivity contribution in [2.45, 2.75) is 11.8 Å². The van der Waals surface area contributed by atoms with E-state index in [1.54, 1.807) is 18.3 Å². The number of rotatable bonds is 5. The number of thioether (sulfide) groups is 1. The Morgan fingerprint density at radius 2 is 1.97 bits per heavy atom. The number of nitrogens with two attached hydrogens (primary N) is 1. The fourth-order valence-electron chi connectivity index (χ4n) is 3.58. The molecule has 0 saturated carbocycles. The molecule has 2 aromatic heterocycles. The molecule has 4 aromatic rings. The number of carbonyl (C=O) groups excluding carboxylic acids is 1. The zero-order chi connectivity index (χ0) is 22.1. The van der Waals surface area contributed by atoms with Crippen molar-refractivity contribution in [2.24, 2.45) is 5.73 Å². The molecule has 3 heterocycles. The Morgan fingerprint density at radius 1 is 1.12 bits per heavy atom. The Kier molecular flexibility index (Phi) is 5.34. The minimum atomic E-state index is -0.473. The number of H-pyrrole nitrogens is 1. The Balaban J connectivity index is 1.69. The molecule has 1 aliphatic heterocycles. The van der Waals surface area contributed by atoms with Crippen LogP contribution in [0.2, 0.25) is 0 Å². The van der Waals surface area contributed by atoms with Crippen LogP contribution in [0.3, 0.4) is 0 Å². The smallest absolute Gasteiger partial charge is 0.248 e. The van der Waals surface area contributed by atoms with Gasteiger partial charge in [0, 0.05) is 28.5 Å². The zero-order valence-corrected chi connectivity index (χ0v) is 18.0. The molecule has 0 saturated heterocycles. The van der Waals surface area contributed by atoms with Crippen LogP contribution in [0, 0.1) is 0 Å². The molecule has 8 nitrogen and oxygen atoms in total. The second kappa shape index (κ2) is 8.45. The number of fused-ring (bicyclic) bond motifs is 1. The number of hydrogen-bond acceptors (Lipinski definition) is 7. The fourth-order valence-corrected chi connectivity index (χ4v) is 3.94. The lowest BCUT2D eigenvalue weighted by molar-refractivity contribution is -0.0160. The third-order valence-electron chi connectivity index (χ3n) is 5.15. The maximum absolute atomic E-state index is 11.4. The number of carbonyl (C=O) groups is 1. The van der Waals surface area contributed by atoms with Gasteiger partial charge in [-0.3, -0.25) is 4.79 Å². The number of nitrogens with zero attached hydrogens (tertiary/aromatic N) is 3. The zero-order valence-electron chi connectivity index (χ0n) is 17.2. The van der Waals surface area contributed by atoms with Crippen molar-refractivity contribution >= 4 is 17.7 Å². The number of amides is 1. The highest BCUT2D eigenvalue weighted by molar-refractivity contribution is 7.98. The van der Waals surface area contributed by atoms with E-state index >= 15 is 0 Å². The molecule has 1 aliphatic rings. The molecule has 0 spiro atoms. The molecule has 0 bridgehead atoms. The molecule has 0 aliphatic carbocycles. The lowest BCUT2D eigenvalue weighted by Gasteiger charge is -2.20. The van der Waals surface area contributed by atoms with E-state index in [0.29, 0.717) is 23.2 Å². The average Bonchev–Trinajstić information content (AvgIpc) is 3.29. The van der Waals surface area contributed by atoms with Gasteiger partial charge in [0.1, 0.15) is 11.6 Å². The summed E-state index contributed by atoms with van der Waals surface area (Å²) in [7, 11) is 0. The summed E-state index contributed by atoms with van der Waals surface area (Å²) in [6, 6.07) is 14.7. The number of nitrogens with one attached hydrogen (secondary N) is 1. The summed E-state index contributed by atoms with van der Waals surface area (Å²) < 4.78 is 11.2. The summed E-state index contributed by atoms with van der Waals surface area (Å²) >= 11 is 1.47. The van der Waals surface area contributed by atoms with E-state index in [2.05, 4.69) is 15.0 Å².